The Labute approximate surface area is 178 Å². The fourth-order valence-corrected chi connectivity index (χ4v) is 4.49. The Kier molecular flexibility index (Phi) is 8.96. The van der Waals surface area contributed by atoms with Crippen LogP contribution in [0.4, 0.5) is 26.3 Å². The van der Waals surface area contributed by atoms with Gasteiger partial charge in [0.2, 0.25) is 0 Å². The minimum Gasteiger partial charge on any atom is -0.390 e. The quantitative estimate of drug-likeness (QED) is 0.468. The van der Waals surface area contributed by atoms with Gasteiger partial charge >= 0.3 is 12.4 Å². The third kappa shape index (κ3) is 8.05. The lowest BCUT2D eigenvalue weighted by molar-refractivity contribution is -0.138. The average Bonchev–Trinajstić information content (AvgIpc) is 2.67. The molecule has 2 atom stereocenters. The van der Waals surface area contributed by atoms with Crippen molar-refractivity contribution >= 4 is 23.5 Å². The zero-order valence-electron chi connectivity index (χ0n) is 15.6. The Morgan fingerprint density at radius 3 is 1.37 bits per heavy atom. The third-order valence-electron chi connectivity index (χ3n) is 4.07. The summed E-state index contributed by atoms with van der Waals surface area (Å²) in [5.74, 6) is 0.708. The zero-order chi connectivity index (χ0) is 22.4. The first-order valence-corrected chi connectivity index (χ1v) is 11.1. The summed E-state index contributed by atoms with van der Waals surface area (Å²) in [6.45, 7) is 0. The monoisotopic (exact) mass is 470 g/mol. The van der Waals surface area contributed by atoms with Crippen LogP contribution in [0.15, 0.2) is 48.5 Å². The first-order chi connectivity index (χ1) is 14.0. The van der Waals surface area contributed by atoms with Crippen LogP contribution >= 0.6 is 23.5 Å². The molecular formula is C20H20F6O2S2. The highest BCUT2D eigenvalue weighted by atomic mass is 32.2. The topological polar surface area (TPSA) is 40.5 Å². The van der Waals surface area contributed by atoms with Crippen molar-refractivity contribution in [1.29, 1.82) is 0 Å². The summed E-state index contributed by atoms with van der Waals surface area (Å²) in [6, 6.07) is 9.78. The smallest absolute Gasteiger partial charge is 0.390 e. The van der Waals surface area contributed by atoms with Gasteiger partial charge in [-0.1, -0.05) is 36.4 Å². The lowest BCUT2D eigenvalue weighted by atomic mass is 10.1. The van der Waals surface area contributed by atoms with Crippen molar-refractivity contribution in [2.45, 2.75) is 36.1 Å². The normalized spacial score (nSPS) is 14.5. The van der Waals surface area contributed by atoms with Gasteiger partial charge in [0.25, 0.3) is 0 Å². The number of thioether (sulfide) groups is 2. The molecule has 2 nitrogen and oxygen atoms in total. The second-order valence-corrected chi connectivity index (χ2v) is 8.62. The predicted molar refractivity (Wildman–Crippen MR) is 107 cm³/mol. The summed E-state index contributed by atoms with van der Waals surface area (Å²) >= 11 is 2.37. The van der Waals surface area contributed by atoms with Crippen LogP contribution in [-0.4, -0.2) is 33.9 Å². The molecule has 0 fully saturated rings. The molecule has 0 radical (unpaired) electrons. The summed E-state index contributed by atoms with van der Waals surface area (Å²) in [5, 5.41) is 20.0. The standard InChI is InChI=1S/C20H20F6O2S2/c21-19(22,23)15-5-1-3-13(7-15)9-29-11-17(27)18(28)12-30-10-14-4-2-6-16(8-14)20(24,25)26/h1-8,17-18,27-28H,9-12H2/t17-,18-/m0/s1. The number of aliphatic hydroxyl groups is 2. The molecule has 0 aliphatic rings. The maximum absolute atomic E-state index is 12.7. The fourth-order valence-electron chi connectivity index (χ4n) is 2.49. The van der Waals surface area contributed by atoms with Crippen molar-refractivity contribution < 1.29 is 36.6 Å². The van der Waals surface area contributed by atoms with Crippen LogP contribution in [-0.2, 0) is 23.9 Å². The number of alkyl halides is 6. The Balaban J connectivity index is 1.74. The van der Waals surface area contributed by atoms with Crippen molar-refractivity contribution in [3.63, 3.8) is 0 Å². The Hall–Kier alpha value is -1.36. The van der Waals surface area contributed by atoms with E-state index in [1.54, 1.807) is 12.1 Å². The van der Waals surface area contributed by atoms with E-state index in [0.29, 0.717) is 11.1 Å². The van der Waals surface area contributed by atoms with Crippen LogP contribution in [0.2, 0.25) is 0 Å². The summed E-state index contributed by atoms with van der Waals surface area (Å²) < 4.78 is 76.2. The summed E-state index contributed by atoms with van der Waals surface area (Å²) in [4.78, 5) is 0. The van der Waals surface area contributed by atoms with Gasteiger partial charge in [-0.05, 0) is 23.3 Å². The molecule has 0 aliphatic carbocycles. The molecule has 2 N–H and O–H groups in total. The SMILES string of the molecule is O[C@@H](CSCc1cccc(C(F)(F)F)c1)[C@@H](O)CSCc1cccc(C(F)(F)F)c1. The maximum atomic E-state index is 12.7. The summed E-state index contributed by atoms with van der Waals surface area (Å²) in [7, 11) is 0. The number of benzene rings is 2. The van der Waals surface area contributed by atoms with Gasteiger partial charge in [-0.3, -0.25) is 0 Å². The van der Waals surface area contributed by atoms with Gasteiger partial charge in [0.15, 0.2) is 0 Å². The van der Waals surface area contributed by atoms with Gasteiger partial charge in [0.1, 0.15) is 0 Å². The zero-order valence-corrected chi connectivity index (χ0v) is 17.2. The van der Waals surface area contributed by atoms with E-state index in [-0.39, 0.29) is 23.0 Å². The minimum absolute atomic E-state index is 0.113. The molecule has 0 amide bonds. The Morgan fingerprint density at radius 1 is 0.667 bits per heavy atom. The lowest BCUT2D eigenvalue weighted by Gasteiger charge is -2.17. The van der Waals surface area contributed by atoms with Gasteiger partial charge in [0.05, 0.1) is 23.3 Å². The molecule has 0 aromatic heterocycles. The molecule has 0 saturated heterocycles. The highest BCUT2D eigenvalue weighted by molar-refractivity contribution is 7.98. The van der Waals surface area contributed by atoms with Crippen LogP contribution < -0.4 is 0 Å². The Morgan fingerprint density at radius 2 is 1.03 bits per heavy atom. The van der Waals surface area contributed by atoms with E-state index in [1.807, 2.05) is 0 Å². The molecule has 0 unspecified atom stereocenters. The molecular weight excluding hydrogens is 450 g/mol. The van der Waals surface area contributed by atoms with Crippen LogP contribution in [0.5, 0.6) is 0 Å². The number of rotatable bonds is 9. The van der Waals surface area contributed by atoms with Gasteiger partial charge in [-0.15, -0.1) is 0 Å². The minimum atomic E-state index is -4.42. The molecule has 0 aliphatic heterocycles. The van der Waals surface area contributed by atoms with Crippen molar-refractivity contribution in [1.82, 2.24) is 0 Å². The molecule has 0 heterocycles. The molecule has 166 valence electrons. The summed E-state index contributed by atoms with van der Waals surface area (Å²) in [6.07, 6.45) is -11.1. The molecule has 0 saturated carbocycles. The van der Waals surface area contributed by atoms with Crippen molar-refractivity contribution in [3.05, 3.63) is 70.8 Å². The van der Waals surface area contributed by atoms with Crippen LogP contribution in [0.1, 0.15) is 22.3 Å². The largest absolute Gasteiger partial charge is 0.416 e. The van der Waals surface area contributed by atoms with Crippen molar-refractivity contribution in [2.24, 2.45) is 0 Å². The molecule has 30 heavy (non-hydrogen) atoms. The second kappa shape index (κ2) is 10.8. The van der Waals surface area contributed by atoms with Crippen molar-refractivity contribution in [3.8, 4) is 0 Å². The van der Waals surface area contributed by atoms with E-state index in [0.717, 1.165) is 24.3 Å². The van der Waals surface area contributed by atoms with E-state index >= 15 is 0 Å². The average molecular weight is 471 g/mol. The highest BCUT2D eigenvalue weighted by Gasteiger charge is 2.31. The highest BCUT2D eigenvalue weighted by Crippen LogP contribution is 2.31. The predicted octanol–water partition coefficient (Wildman–Crippen LogP) is 5.61. The second-order valence-electron chi connectivity index (χ2n) is 6.56. The van der Waals surface area contributed by atoms with E-state index in [9.17, 15) is 36.6 Å². The van der Waals surface area contributed by atoms with Gasteiger partial charge in [-0.2, -0.15) is 49.9 Å². The number of hydrogen-bond donors (Lipinski definition) is 2. The first-order valence-electron chi connectivity index (χ1n) is 8.80. The Bertz CT molecular complexity index is 743. The molecule has 0 spiro atoms. The van der Waals surface area contributed by atoms with E-state index in [2.05, 4.69) is 0 Å². The van der Waals surface area contributed by atoms with Crippen molar-refractivity contribution in [2.75, 3.05) is 11.5 Å². The lowest BCUT2D eigenvalue weighted by Crippen LogP contribution is -2.30. The molecule has 2 rings (SSSR count). The van der Waals surface area contributed by atoms with Crippen LogP contribution in [0, 0.1) is 0 Å². The van der Waals surface area contributed by atoms with Crippen LogP contribution in [0.3, 0.4) is 0 Å². The molecule has 2 aromatic rings. The van der Waals surface area contributed by atoms with Gasteiger partial charge in [0, 0.05) is 23.0 Å². The number of halogens is 6. The first kappa shape index (κ1) is 24.9. The van der Waals surface area contributed by atoms with Gasteiger partial charge < -0.3 is 10.2 Å². The van der Waals surface area contributed by atoms with Crippen LogP contribution in [0.25, 0.3) is 0 Å². The maximum Gasteiger partial charge on any atom is 0.416 e. The van der Waals surface area contributed by atoms with E-state index in [1.165, 1.54) is 35.7 Å². The number of aliphatic hydroxyl groups excluding tert-OH is 2. The van der Waals surface area contributed by atoms with Gasteiger partial charge in [-0.25, -0.2) is 0 Å². The number of hydrogen-bond acceptors (Lipinski definition) is 4. The fraction of sp³-hybridized carbons (Fsp3) is 0.400. The van der Waals surface area contributed by atoms with E-state index < -0.39 is 35.7 Å². The molecule has 10 heteroatoms. The third-order valence-corrected chi connectivity index (χ3v) is 6.30. The van der Waals surface area contributed by atoms with E-state index in [4.69, 9.17) is 0 Å². The molecule has 2 aromatic carbocycles. The molecule has 0 bridgehead atoms. The summed E-state index contributed by atoms with van der Waals surface area (Å²) in [5.41, 5.74) is -0.578.